The van der Waals surface area contributed by atoms with Crippen LogP contribution in [0, 0.1) is 6.92 Å². The molecule has 4 aromatic carbocycles. The third-order valence-corrected chi connectivity index (χ3v) is 11.4. The van der Waals surface area contributed by atoms with Crippen LogP contribution in [0.15, 0.2) is 130 Å². The first kappa shape index (κ1) is 35.8. The number of ether oxygens (including phenoxy) is 3. The Morgan fingerprint density at radius 2 is 1.35 bits per heavy atom. The number of rotatable bonds is 11. The fraction of sp³-hybridized carbons (Fsp3) is 0.263. The molecular weight excluding hydrogens is 676 g/mol. The number of aromatic amines is 1. The minimum absolute atomic E-state index is 0.117. The van der Waals surface area contributed by atoms with Crippen LogP contribution in [0.2, 0.25) is 0 Å². The molecule has 1 fully saturated rings. The maximum atomic E-state index is 14.4. The third kappa shape index (κ3) is 6.28. The van der Waals surface area contributed by atoms with Gasteiger partial charge < -0.3 is 29.5 Å². The Kier molecular flexibility index (Phi) is 9.77. The van der Waals surface area contributed by atoms with E-state index in [2.05, 4.69) is 4.98 Å². The van der Waals surface area contributed by atoms with E-state index in [0.29, 0.717) is 28.2 Å². The van der Waals surface area contributed by atoms with Gasteiger partial charge in [0, 0.05) is 12.3 Å². The summed E-state index contributed by atoms with van der Waals surface area (Å²) in [5.74, 6) is -0.0174. The highest BCUT2D eigenvalue weighted by atomic mass is 32.2. The van der Waals surface area contributed by atoms with Crippen molar-refractivity contribution in [1.82, 2.24) is 9.55 Å². The number of H-pyrrole nitrogens is 1. The molecule has 0 saturated carbocycles. The zero-order valence-corrected chi connectivity index (χ0v) is 28.9. The first-order chi connectivity index (χ1) is 24.4. The molecule has 1 unspecified atom stereocenters. The summed E-state index contributed by atoms with van der Waals surface area (Å²) in [7, 11) is -1.40. The maximum Gasteiger partial charge on any atom is 0.330 e. The van der Waals surface area contributed by atoms with Crippen LogP contribution in [0.25, 0.3) is 0 Å². The van der Waals surface area contributed by atoms with E-state index in [1.165, 1.54) is 26.4 Å². The lowest BCUT2D eigenvalue weighted by Gasteiger charge is -2.48. The average molecular weight is 715 g/mol. The van der Waals surface area contributed by atoms with Gasteiger partial charge in [-0.3, -0.25) is 14.3 Å². The predicted molar refractivity (Wildman–Crippen MR) is 188 cm³/mol. The zero-order valence-electron chi connectivity index (χ0n) is 28.0. The minimum Gasteiger partial charge on any atom is -0.497 e. The topological polar surface area (TPSA) is 177 Å². The highest BCUT2D eigenvalue weighted by molar-refractivity contribution is 7.91. The largest absolute Gasteiger partial charge is 0.497 e. The highest BCUT2D eigenvalue weighted by Gasteiger charge is 2.66. The molecule has 1 aliphatic heterocycles. The van der Waals surface area contributed by atoms with E-state index in [4.69, 9.17) is 14.2 Å². The minimum atomic E-state index is -4.41. The maximum absolute atomic E-state index is 14.4. The summed E-state index contributed by atoms with van der Waals surface area (Å²) >= 11 is 0. The van der Waals surface area contributed by atoms with Gasteiger partial charge >= 0.3 is 5.69 Å². The third-order valence-electron chi connectivity index (χ3n) is 9.57. The van der Waals surface area contributed by atoms with Gasteiger partial charge in [0.15, 0.2) is 16.1 Å². The van der Waals surface area contributed by atoms with Crippen molar-refractivity contribution >= 4 is 9.84 Å². The number of nitrogens with zero attached hydrogens (tertiary/aromatic N) is 1. The second kappa shape index (κ2) is 13.9. The Balaban J connectivity index is 1.68. The molecule has 13 heteroatoms. The van der Waals surface area contributed by atoms with Crippen LogP contribution >= 0.6 is 0 Å². The first-order valence-electron chi connectivity index (χ1n) is 16.0. The number of nitrogens with one attached hydrogen (secondary N) is 1. The second-order valence-corrected chi connectivity index (χ2v) is 14.5. The number of hydrogen-bond acceptors (Lipinski definition) is 10. The van der Waals surface area contributed by atoms with Gasteiger partial charge in [0.2, 0.25) is 0 Å². The van der Waals surface area contributed by atoms with Gasteiger partial charge in [0.25, 0.3) is 5.56 Å². The van der Waals surface area contributed by atoms with Crippen molar-refractivity contribution in [3.05, 3.63) is 158 Å². The van der Waals surface area contributed by atoms with E-state index in [1.54, 1.807) is 97.9 Å². The normalized spacial score (nSPS) is 21.3. The molecule has 1 aliphatic rings. The van der Waals surface area contributed by atoms with Gasteiger partial charge in [-0.15, -0.1) is 0 Å². The molecule has 1 saturated heterocycles. The molecular formula is C38H38N2O10S. The van der Waals surface area contributed by atoms with Crippen molar-refractivity contribution in [3.63, 3.8) is 0 Å². The number of aryl methyl sites for hydroxylation is 1. The van der Waals surface area contributed by atoms with E-state index >= 15 is 0 Å². The van der Waals surface area contributed by atoms with Gasteiger partial charge in [-0.25, -0.2) is 13.2 Å². The van der Waals surface area contributed by atoms with Crippen molar-refractivity contribution in [2.75, 3.05) is 20.0 Å². The zero-order chi connectivity index (χ0) is 36.6. The van der Waals surface area contributed by atoms with Crippen molar-refractivity contribution < 1.29 is 37.9 Å². The number of aliphatic hydroxyl groups is 3. The molecule has 1 aromatic heterocycles. The summed E-state index contributed by atoms with van der Waals surface area (Å²) < 4.78 is 46.9. The average Bonchev–Trinajstić information content (AvgIpc) is 3.38. The van der Waals surface area contributed by atoms with Crippen LogP contribution in [-0.2, 0) is 20.0 Å². The van der Waals surface area contributed by atoms with Gasteiger partial charge in [0.1, 0.15) is 35.4 Å². The van der Waals surface area contributed by atoms with Crippen LogP contribution in [0.4, 0.5) is 0 Å². The van der Waals surface area contributed by atoms with E-state index < -0.39 is 62.4 Å². The lowest BCUT2D eigenvalue weighted by atomic mass is 9.61. The number of methoxy groups -OCH3 is 2. The molecule has 4 N–H and O–H groups in total. The highest BCUT2D eigenvalue weighted by Crippen LogP contribution is 2.52. The van der Waals surface area contributed by atoms with Crippen molar-refractivity contribution in [3.8, 4) is 11.5 Å². The summed E-state index contributed by atoms with van der Waals surface area (Å²) in [6, 6.07) is 29.4. The van der Waals surface area contributed by atoms with Gasteiger partial charge in [0.05, 0.1) is 30.3 Å². The van der Waals surface area contributed by atoms with E-state index in [0.717, 1.165) is 22.4 Å². The summed E-state index contributed by atoms with van der Waals surface area (Å²) in [6.45, 7) is 1.80. The number of aromatic nitrogens is 2. The molecule has 266 valence electrons. The lowest BCUT2D eigenvalue weighted by Crippen LogP contribution is -2.64. The molecule has 2 heterocycles. The van der Waals surface area contributed by atoms with E-state index in [1.807, 2.05) is 0 Å². The van der Waals surface area contributed by atoms with Crippen LogP contribution in [-0.4, -0.2) is 77.2 Å². The van der Waals surface area contributed by atoms with Gasteiger partial charge in [-0.2, -0.15) is 0 Å². The monoisotopic (exact) mass is 714 g/mol. The molecule has 0 aliphatic carbocycles. The summed E-state index contributed by atoms with van der Waals surface area (Å²) in [5, 5.41) is 37.1. The number of aliphatic hydroxyl groups excluding tert-OH is 3. The lowest BCUT2D eigenvalue weighted by molar-refractivity contribution is -0.163. The van der Waals surface area contributed by atoms with Gasteiger partial charge in [-0.1, -0.05) is 72.3 Å². The van der Waals surface area contributed by atoms with Crippen LogP contribution in [0.3, 0.4) is 0 Å². The predicted octanol–water partition coefficient (Wildman–Crippen LogP) is 2.72. The molecule has 12 nitrogen and oxygen atoms in total. The van der Waals surface area contributed by atoms with Crippen LogP contribution in [0.1, 0.15) is 28.5 Å². The molecule has 0 spiro atoms. The van der Waals surface area contributed by atoms with Crippen molar-refractivity contribution in [1.29, 1.82) is 0 Å². The molecule has 0 radical (unpaired) electrons. The Morgan fingerprint density at radius 1 is 0.824 bits per heavy atom. The Morgan fingerprint density at radius 3 is 1.86 bits per heavy atom. The molecule has 6 rings (SSSR count). The van der Waals surface area contributed by atoms with Crippen LogP contribution in [0.5, 0.6) is 11.5 Å². The van der Waals surface area contributed by atoms with Crippen molar-refractivity contribution in [2.24, 2.45) is 0 Å². The molecule has 51 heavy (non-hydrogen) atoms. The van der Waals surface area contributed by atoms with E-state index in [9.17, 15) is 33.3 Å². The quantitative estimate of drug-likeness (QED) is 0.149. The standard InChI is InChI=1S/C38H38N2O10S/c1-24-9-19-30(20-10-24)51(46,47)23-37(33(43)32(42)34(50-37)40-22-21-31(41)39-36(40)45)35(44)38(25-7-5-4-6-8-25,26-11-15-28(48-2)16-12-26)27-13-17-29(49-3)18-14-27/h4-22,32-35,42-44H,23H2,1-3H3,(H,39,41,45)/t32-,33+,34-,35?,37+/m1/s1. The fourth-order valence-corrected chi connectivity index (χ4v) is 8.67. The Hall–Kier alpha value is -5.05. The molecule has 0 bridgehead atoms. The van der Waals surface area contributed by atoms with Gasteiger partial charge in [-0.05, 0) is 60.0 Å². The number of hydrogen-bond donors (Lipinski definition) is 4. The second-order valence-electron chi connectivity index (χ2n) is 12.5. The summed E-state index contributed by atoms with van der Waals surface area (Å²) in [5.41, 5.74) is -3.76. The first-order valence-corrected chi connectivity index (χ1v) is 17.7. The number of benzene rings is 4. The smallest absolute Gasteiger partial charge is 0.330 e. The van der Waals surface area contributed by atoms with Crippen LogP contribution < -0.4 is 20.7 Å². The van der Waals surface area contributed by atoms with E-state index in [-0.39, 0.29) is 4.90 Å². The summed E-state index contributed by atoms with van der Waals surface area (Å²) in [6.07, 6.45) is -6.71. The Bertz CT molecular complexity index is 2160. The molecule has 5 aromatic rings. The molecule has 0 amide bonds. The summed E-state index contributed by atoms with van der Waals surface area (Å²) in [4.78, 5) is 26.9. The fourth-order valence-electron chi connectivity index (χ4n) is 6.96. The Labute approximate surface area is 294 Å². The number of sulfone groups is 1. The van der Waals surface area contributed by atoms with Crippen molar-refractivity contribution in [2.45, 2.75) is 47.4 Å². The molecule has 5 atom stereocenters. The SMILES string of the molecule is COc1ccc(C(c2ccccc2)(c2ccc(OC)cc2)C(O)[C@@]2(CS(=O)(=O)c3ccc(C)cc3)O[C@@H](n3ccc(=O)[nH]c3=O)[C@H](O)[C@@H]2O)cc1.